The monoisotopic (exact) mass is 418 g/mol. The number of nitriles is 1. The van der Waals surface area contributed by atoms with E-state index in [0.717, 1.165) is 3.57 Å². The van der Waals surface area contributed by atoms with Crippen molar-refractivity contribution in [3.05, 3.63) is 56.6 Å². The molecule has 0 atom stereocenters. The van der Waals surface area contributed by atoms with Crippen molar-refractivity contribution in [2.75, 3.05) is 4.72 Å². The van der Waals surface area contributed by atoms with E-state index in [1.165, 1.54) is 18.2 Å². The van der Waals surface area contributed by atoms with Crippen LogP contribution in [0.15, 0.2) is 47.4 Å². The first kappa shape index (κ1) is 15.1. The van der Waals surface area contributed by atoms with Crippen LogP contribution in [-0.4, -0.2) is 8.42 Å². The van der Waals surface area contributed by atoms with Gasteiger partial charge in [0, 0.05) is 9.26 Å². The van der Waals surface area contributed by atoms with E-state index in [1.54, 1.807) is 18.2 Å². The molecule has 0 saturated heterocycles. The Bertz CT molecular complexity index is 800. The van der Waals surface area contributed by atoms with Gasteiger partial charge in [0.25, 0.3) is 10.0 Å². The van der Waals surface area contributed by atoms with Crippen LogP contribution in [0.3, 0.4) is 0 Å². The molecule has 20 heavy (non-hydrogen) atoms. The lowest BCUT2D eigenvalue weighted by molar-refractivity contribution is 0.601. The van der Waals surface area contributed by atoms with Gasteiger partial charge in [-0.3, -0.25) is 4.72 Å². The lowest BCUT2D eigenvalue weighted by Crippen LogP contribution is -2.13. The average molecular weight is 419 g/mol. The van der Waals surface area contributed by atoms with E-state index in [1.807, 2.05) is 12.1 Å². The molecule has 2 aromatic carbocycles. The first-order valence-corrected chi connectivity index (χ1v) is 8.34. The summed E-state index contributed by atoms with van der Waals surface area (Å²) in [6.07, 6.45) is 0. The van der Waals surface area contributed by atoms with Crippen molar-refractivity contribution in [3.8, 4) is 6.07 Å². The molecule has 0 radical (unpaired) electrons. The number of hydrogen-bond acceptors (Lipinski definition) is 3. The first-order valence-electron chi connectivity index (χ1n) is 5.40. The number of anilines is 1. The quantitative estimate of drug-likeness (QED) is 0.774. The van der Waals surface area contributed by atoms with Crippen molar-refractivity contribution in [2.24, 2.45) is 0 Å². The molecule has 0 aliphatic carbocycles. The summed E-state index contributed by atoms with van der Waals surface area (Å²) in [5.41, 5.74) is 0.674. The third-order valence-corrected chi connectivity index (χ3v) is 4.96. The fraction of sp³-hybridized carbons (Fsp3) is 0. The molecule has 0 bridgehead atoms. The van der Waals surface area contributed by atoms with Crippen LogP contribution in [0.2, 0.25) is 5.02 Å². The Balaban J connectivity index is 2.43. The van der Waals surface area contributed by atoms with Crippen LogP contribution >= 0.6 is 34.2 Å². The van der Waals surface area contributed by atoms with E-state index in [4.69, 9.17) is 16.9 Å². The minimum absolute atomic E-state index is 0.0714. The average Bonchev–Trinajstić information content (AvgIpc) is 2.38. The lowest BCUT2D eigenvalue weighted by Gasteiger charge is -2.10. The smallest absolute Gasteiger partial charge is 0.263 e. The molecule has 0 unspecified atom stereocenters. The molecule has 0 amide bonds. The maximum atomic E-state index is 12.3. The van der Waals surface area contributed by atoms with Crippen molar-refractivity contribution in [3.63, 3.8) is 0 Å². The van der Waals surface area contributed by atoms with Crippen molar-refractivity contribution >= 4 is 49.9 Å². The maximum absolute atomic E-state index is 12.3. The molecule has 0 heterocycles. The molecular formula is C13H8ClIN2O2S. The highest BCUT2D eigenvalue weighted by Gasteiger charge is 2.18. The van der Waals surface area contributed by atoms with Gasteiger partial charge in [0.2, 0.25) is 0 Å². The summed E-state index contributed by atoms with van der Waals surface area (Å²) >= 11 is 7.99. The Morgan fingerprint density at radius 1 is 1.20 bits per heavy atom. The van der Waals surface area contributed by atoms with Gasteiger partial charge in [-0.15, -0.1) is 0 Å². The van der Waals surface area contributed by atoms with E-state index in [9.17, 15) is 8.42 Å². The summed E-state index contributed by atoms with van der Waals surface area (Å²) in [5, 5.41) is 8.91. The second kappa shape index (κ2) is 5.99. The minimum atomic E-state index is -3.83. The first-order chi connectivity index (χ1) is 9.42. The number of sulfonamides is 1. The zero-order valence-corrected chi connectivity index (χ0v) is 13.7. The summed E-state index contributed by atoms with van der Waals surface area (Å²) in [5.74, 6) is 0. The Morgan fingerprint density at radius 3 is 2.60 bits per heavy atom. The molecule has 1 N–H and O–H groups in total. The zero-order valence-electron chi connectivity index (χ0n) is 9.97. The molecule has 7 heteroatoms. The van der Waals surface area contributed by atoms with Crippen molar-refractivity contribution < 1.29 is 8.42 Å². The largest absolute Gasteiger partial charge is 0.280 e. The number of hydrogen-bond donors (Lipinski definition) is 1. The Morgan fingerprint density at radius 2 is 1.95 bits per heavy atom. The van der Waals surface area contributed by atoms with Gasteiger partial charge in [0.15, 0.2) is 0 Å². The number of halogens is 2. The Kier molecular flexibility index (Phi) is 4.52. The van der Waals surface area contributed by atoms with Gasteiger partial charge in [0.1, 0.15) is 4.90 Å². The van der Waals surface area contributed by atoms with Gasteiger partial charge in [-0.1, -0.05) is 17.7 Å². The molecule has 0 fully saturated rings. The predicted octanol–water partition coefficient (Wildman–Crippen LogP) is 3.62. The second-order valence-electron chi connectivity index (χ2n) is 3.87. The summed E-state index contributed by atoms with van der Waals surface area (Å²) in [4.78, 5) is -0.114. The van der Waals surface area contributed by atoms with Gasteiger partial charge >= 0.3 is 0 Å². The Hall–Kier alpha value is -1.30. The van der Waals surface area contributed by atoms with E-state index in [2.05, 4.69) is 27.3 Å². The van der Waals surface area contributed by atoms with Gasteiger partial charge < -0.3 is 0 Å². The molecule has 0 saturated carbocycles. The van der Waals surface area contributed by atoms with Crippen LogP contribution in [0, 0.1) is 14.9 Å². The normalized spacial score (nSPS) is 10.8. The van der Waals surface area contributed by atoms with Crippen LogP contribution in [0.4, 0.5) is 5.69 Å². The molecule has 0 aromatic heterocycles. The topological polar surface area (TPSA) is 70.0 Å². The molecule has 4 nitrogen and oxygen atoms in total. The number of rotatable bonds is 3. The van der Waals surface area contributed by atoms with Crippen LogP contribution in [-0.2, 0) is 10.0 Å². The molecule has 0 spiro atoms. The highest BCUT2D eigenvalue weighted by molar-refractivity contribution is 14.1. The van der Waals surface area contributed by atoms with Crippen LogP contribution in [0.1, 0.15) is 5.56 Å². The lowest BCUT2D eigenvalue weighted by atomic mass is 10.2. The number of nitrogens with one attached hydrogen (secondary N) is 1. The van der Waals surface area contributed by atoms with E-state index < -0.39 is 10.0 Å². The summed E-state index contributed by atoms with van der Waals surface area (Å²) in [6.45, 7) is 0. The third kappa shape index (κ3) is 3.42. The molecule has 0 aliphatic rings. The number of nitrogens with zero attached hydrogens (tertiary/aromatic N) is 1. The second-order valence-corrected chi connectivity index (χ2v) is 7.18. The van der Waals surface area contributed by atoms with E-state index in [0.29, 0.717) is 5.69 Å². The van der Waals surface area contributed by atoms with Gasteiger partial charge in [0.05, 0.1) is 16.7 Å². The van der Waals surface area contributed by atoms with Gasteiger partial charge in [-0.25, -0.2) is 8.42 Å². The van der Waals surface area contributed by atoms with Crippen molar-refractivity contribution in [2.45, 2.75) is 4.90 Å². The maximum Gasteiger partial charge on any atom is 0.263 e. The fourth-order valence-electron chi connectivity index (χ4n) is 1.54. The zero-order chi connectivity index (χ0) is 14.8. The van der Waals surface area contributed by atoms with Gasteiger partial charge in [-0.05, 0) is 59.0 Å². The van der Waals surface area contributed by atoms with E-state index >= 15 is 0 Å². The van der Waals surface area contributed by atoms with Crippen LogP contribution in [0.25, 0.3) is 0 Å². The van der Waals surface area contributed by atoms with Crippen LogP contribution in [0.5, 0.6) is 0 Å². The van der Waals surface area contributed by atoms with Gasteiger partial charge in [-0.2, -0.15) is 5.26 Å². The summed E-state index contributed by atoms with van der Waals surface area (Å²) < 4.78 is 27.9. The molecular weight excluding hydrogens is 411 g/mol. The van der Waals surface area contributed by atoms with E-state index in [-0.39, 0.29) is 15.5 Å². The standard InChI is InChI=1S/C13H8ClIN2O2S/c14-12-5-4-9(8-16)6-13(12)20(18,19)17-11-3-1-2-10(15)7-11/h1-7,17H. The SMILES string of the molecule is N#Cc1ccc(Cl)c(S(=O)(=O)Nc2cccc(I)c2)c1. The van der Waals surface area contributed by atoms with Crippen molar-refractivity contribution in [1.82, 2.24) is 0 Å². The Labute approximate surface area is 135 Å². The summed E-state index contributed by atoms with van der Waals surface area (Å²) in [6, 6.07) is 12.9. The molecule has 102 valence electrons. The van der Waals surface area contributed by atoms with Crippen LogP contribution < -0.4 is 4.72 Å². The molecule has 2 aromatic rings. The molecule has 2 rings (SSSR count). The molecule has 0 aliphatic heterocycles. The highest BCUT2D eigenvalue weighted by atomic mass is 127. The minimum Gasteiger partial charge on any atom is -0.280 e. The fourth-order valence-corrected chi connectivity index (χ4v) is 3.66. The third-order valence-electron chi connectivity index (χ3n) is 2.43. The number of benzene rings is 2. The summed E-state index contributed by atoms with van der Waals surface area (Å²) in [7, 11) is -3.83. The predicted molar refractivity (Wildman–Crippen MR) is 86.1 cm³/mol. The van der Waals surface area contributed by atoms with Crippen molar-refractivity contribution in [1.29, 1.82) is 5.26 Å². The highest BCUT2D eigenvalue weighted by Crippen LogP contribution is 2.25.